The van der Waals surface area contributed by atoms with Gasteiger partial charge in [-0.1, -0.05) is 0 Å². The molecular weight excluding hydrogens is 270 g/mol. The zero-order chi connectivity index (χ0) is 14.2. The van der Waals surface area contributed by atoms with Gasteiger partial charge in [-0.15, -0.1) is 0 Å². The van der Waals surface area contributed by atoms with E-state index in [1.807, 2.05) is 19.1 Å². The molecule has 0 saturated heterocycles. The van der Waals surface area contributed by atoms with Crippen molar-refractivity contribution in [1.82, 2.24) is 25.4 Å². The van der Waals surface area contributed by atoms with Crippen molar-refractivity contribution in [1.29, 1.82) is 0 Å². The van der Waals surface area contributed by atoms with Crippen LogP contribution in [0.25, 0.3) is 22.5 Å². The molecular formula is C14H11N5O2. The van der Waals surface area contributed by atoms with E-state index in [1.54, 1.807) is 12.4 Å². The van der Waals surface area contributed by atoms with Gasteiger partial charge in [-0.25, -0.2) is 9.97 Å². The number of hydrogen-bond donors (Lipinski definition) is 1. The second-order valence-electron chi connectivity index (χ2n) is 4.67. The Morgan fingerprint density at radius 3 is 2.57 bits per heavy atom. The molecule has 3 heterocycles. The van der Waals surface area contributed by atoms with E-state index in [0.29, 0.717) is 5.69 Å². The number of aromatic amines is 1. The fraction of sp³-hybridized carbons (Fsp3) is 0.143. The summed E-state index contributed by atoms with van der Waals surface area (Å²) in [6.45, 7) is 2.22. The normalized spacial score (nSPS) is 12.6. The summed E-state index contributed by atoms with van der Waals surface area (Å²) in [5.41, 5.74) is 4.14. The van der Waals surface area contributed by atoms with Crippen LogP contribution < -0.4 is 9.47 Å². The van der Waals surface area contributed by atoms with Crippen LogP contribution in [0.1, 0.15) is 5.56 Å². The minimum atomic E-state index is 0.248. The second kappa shape index (κ2) is 4.55. The number of aryl methyl sites for hydroxylation is 1. The minimum absolute atomic E-state index is 0.248. The van der Waals surface area contributed by atoms with E-state index in [1.165, 1.54) is 6.33 Å². The molecule has 0 atom stereocenters. The Balaban J connectivity index is 1.86. The first-order valence-electron chi connectivity index (χ1n) is 6.39. The zero-order valence-electron chi connectivity index (χ0n) is 11.2. The van der Waals surface area contributed by atoms with Crippen LogP contribution in [0.4, 0.5) is 0 Å². The van der Waals surface area contributed by atoms with Crippen molar-refractivity contribution < 1.29 is 9.47 Å². The predicted molar refractivity (Wildman–Crippen MR) is 73.7 cm³/mol. The summed E-state index contributed by atoms with van der Waals surface area (Å²) in [6, 6.07) is 3.90. The lowest BCUT2D eigenvalue weighted by Gasteiger charge is -2.05. The van der Waals surface area contributed by atoms with Gasteiger partial charge in [0, 0.05) is 23.5 Å². The first-order chi connectivity index (χ1) is 10.3. The summed E-state index contributed by atoms with van der Waals surface area (Å²) in [4.78, 5) is 8.03. The Kier molecular flexibility index (Phi) is 2.56. The maximum Gasteiger partial charge on any atom is 0.231 e. The Bertz CT molecular complexity index is 800. The summed E-state index contributed by atoms with van der Waals surface area (Å²) < 4.78 is 10.9. The quantitative estimate of drug-likeness (QED) is 0.772. The second-order valence-corrected chi connectivity index (χ2v) is 4.67. The summed E-state index contributed by atoms with van der Waals surface area (Å²) >= 11 is 0. The molecule has 104 valence electrons. The fourth-order valence-electron chi connectivity index (χ4n) is 2.38. The molecule has 0 bridgehead atoms. The molecule has 0 radical (unpaired) electrons. The van der Waals surface area contributed by atoms with E-state index in [-0.39, 0.29) is 6.79 Å². The van der Waals surface area contributed by atoms with Crippen LogP contribution in [0.5, 0.6) is 11.5 Å². The highest BCUT2D eigenvalue weighted by molar-refractivity contribution is 5.78. The number of H-pyrrole nitrogens is 1. The van der Waals surface area contributed by atoms with Gasteiger partial charge in [0.25, 0.3) is 0 Å². The van der Waals surface area contributed by atoms with Crippen LogP contribution in [0.3, 0.4) is 0 Å². The van der Waals surface area contributed by atoms with Crippen molar-refractivity contribution in [2.24, 2.45) is 0 Å². The van der Waals surface area contributed by atoms with Crippen LogP contribution in [0, 0.1) is 6.92 Å². The molecule has 0 fully saturated rings. The maximum absolute atomic E-state index is 5.46. The van der Waals surface area contributed by atoms with Crippen LogP contribution in [0.15, 0.2) is 30.9 Å². The molecule has 0 amide bonds. The fourth-order valence-corrected chi connectivity index (χ4v) is 2.38. The van der Waals surface area contributed by atoms with E-state index in [9.17, 15) is 0 Å². The number of ether oxygens (including phenoxy) is 2. The van der Waals surface area contributed by atoms with Crippen molar-refractivity contribution >= 4 is 0 Å². The molecule has 0 saturated carbocycles. The van der Waals surface area contributed by atoms with Crippen molar-refractivity contribution in [2.75, 3.05) is 6.79 Å². The molecule has 0 spiro atoms. The van der Waals surface area contributed by atoms with E-state index >= 15 is 0 Å². The van der Waals surface area contributed by atoms with Gasteiger partial charge in [0.2, 0.25) is 6.79 Å². The molecule has 3 aromatic rings. The van der Waals surface area contributed by atoms with Crippen LogP contribution >= 0.6 is 0 Å². The number of aromatic nitrogens is 5. The predicted octanol–water partition coefficient (Wildman–Crippen LogP) is 1.97. The number of hydrogen-bond acceptors (Lipinski definition) is 6. The van der Waals surface area contributed by atoms with Crippen LogP contribution in [0.2, 0.25) is 0 Å². The Morgan fingerprint density at radius 2 is 1.76 bits per heavy atom. The van der Waals surface area contributed by atoms with Crippen molar-refractivity contribution in [2.45, 2.75) is 6.92 Å². The van der Waals surface area contributed by atoms with E-state index < -0.39 is 0 Å². The van der Waals surface area contributed by atoms with E-state index in [2.05, 4.69) is 25.4 Å². The van der Waals surface area contributed by atoms with Crippen molar-refractivity contribution in [3.8, 4) is 34.0 Å². The van der Waals surface area contributed by atoms with Crippen LogP contribution in [-0.2, 0) is 0 Å². The molecule has 1 aliphatic rings. The largest absolute Gasteiger partial charge is 0.454 e. The first-order valence-corrected chi connectivity index (χ1v) is 6.39. The SMILES string of the molecule is Cc1cc(-c2n[nH]nc2-c2cncnc2)cc2c1OCO2. The Labute approximate surface area is 120 Å². The average molecular weight is 281 g/mol. The number of rotatable bonds is 2. The van der Waals surface area contributed by atoms with E-state index in [0.717, 1.165) is 33.9 Å². The lowest BCUT2D eigenvalue weighted by atomic mass is 10.0. The highest BCUT2D eigenvalue weighted by atomic mass is 16.7. The third-order valence-electron chi connectivity index (χ3n) is 3.31. The summed E-state index contributed by atoms with van der Waals surface area (Å²) in [7, 11) is 0. The molecule has 7 nitrogen and oxygen atoms in total. The Hall–Kier alpha value is -2.96. The van der Waals surface area contributed by atoms with Gasteiger partial charge in [-0.2, -0.15) is 15.4 Å². The molecule has 1 N–H and O–H groups in total. The first kappa shape index (κ1) is 11.8. The third kappa shape index (κ3) is 1.90. The number of nitrogens with one attached hydrogen (secondary N) is 1. The average Bonchev–Trinajstić information content (AvgIpc) is 3.17. The topological polar surface area (TPSA) is 85.8 Å². The molecule has 1 aliphatic heterocycles. The van der Waals surface area contributed by atoms with Crippen LogP contribution in [-0.4, -0.2) is 32.2 Å². The van der Waals surface area contributed by atoms with Gasteiger partial charge >= 0.3 is 0 Å². The van der Waals surface area contributed by atoms with Gasteiger partial charge in [0.05, 0.1) is 0 Å². The lowest BCUT2D eigenvalue weighted by molar-refractivity contribution is 0.173. The molecule has 21 heavy (non-hydrogen) atoms. The maximum atomic E-state index is 5.46. The standard InChI is InChI=1S/C14H11N5O2/c1-8-2-9(3-11-14(8)21-7-20-11)12-13(18-19-17-12)10-4-15-6-16-5-10/h2-6H,7H2,1H3,(H,17,18,19). The van der Waals surface area contributed by atoms with Crippen molar-refractivity contribution in [3.05, 3.63) is 36.4 Å². The smallest absolute Gasteiger partial charge is 0.231 e. The zero-order valence-corrected chi connectivity index (χ0v) is 11.2. The lowest BCUT2D eigenvalue weighted by Crippen LogP contribution is -1.93. The molecule has 0 unspecified atom stereocenters. The van der Waals surface area contributed by atoms with E-state index in [4.69, 9.17) is 9.47 Å². The van der Waals surface area contributed by atoms with Gasteiger partial charge in [0.1, 0.15) is 17.7 Å². The molecule has 1 aromatic carbocycles. The minimum Gasteiger partial charge on any atom is -0.454 e. The molecule has 4 rings (SSSR count). The summed E-state index contributed by atoms with van der Waals surface area (Å²) in [5.74, 6) is 1.51. The summed E-state index contributed by atoms with van der Waals surface area (Å²) in [6.07, 6.45) is 4.89. The highest BCUT2D eigenvalue weighted by Gasteiger charge is 2.20. The van der Waals surface area contributed by atoms with Gasteiger partial charge < -0.3 is 9.47 Å². The highest BCUT2D eigenvalue weighted by Crippen LogP contribution is 2.40. The number of nitrogens with zero attached hydrogens (tertiary/aromatic N) is 4. The monoisotopic (exact) mass is 281 g/mol. The van der Waals surface area contributed by atoms with Gasteiger partial charge in [-0.05, 0) is 24.6 Å². The van der Waals surface area contributed by atoms with Gasteiger partial charge in [0.15, 0.2) is 11.5 Å². The third-order valence-corrected chi connectivity index (χ3v) is 3.31. The molecule has 2 aromatic heterocycles. The van der Waals surface area contributed by atoms with Crippen molar-refractivity contribution in [3.63, 3.8) is 0 Å². The number of benzene rings is 1. The molecule has 0 aliphatic carbocycles. The van der Waals surface area contributed by atoms with Gasteiger partial charge in [-0.3, -0.25) is 0 Å². The Morgan fingerprint density at radius 1 is 1.00 bits per heavy atom. The molecule has 7 heteroatoms. The summed E-state index contributed by atoms with van der Waals surface area (Å²) in [5, 5.41) is 11.1. The number of fused-ring (bicyclic) bond motifs is 1.